The van der Waals surface area contributed by atoms with Crippen molar-refractivity contribution < 1.29 is 9.90 Å². The lowest BCUT2D eigenvalue weighted by Crippen LogP contribution is -2.14. The molecule has 0 saturated heterocycles. The summed E-state index contributed by atoms with van der Waals surface area (Å²) >= 11 is 0. The van der Waals surface area contributed by atoms with Crippen molar-refractivity contribution in [2.75, 3.05) is 5.32 Å². The Morgan fingerprint density at radius 2 is 1.71 bits per heavy atom. The van der Waals surface area contributed by atoms with Crippen LogP contribution in [0.2, 0.25) is 0 Å². The highest BCUT2D eigenvalue weighted by Crippen LogP contribution is 2.26. The fourth-order valence-electron chi connectivity index (χ4n) is 2.86. The van der Waals surface area contributed by atoms with Crippen molar-refractivity contribution in [2.45, 2.75) is 39.0 Å². The zero-order chi connectivity index (χ0) is 20.1. The van der Waals surface area contributed by atoms with Gasteiger partial charge in [0.15, 0.2) is 5.82 Å². The van der Waals surface area contributed by atoms with E-state index in [9.17, 15) is 9.90 Å². The topological polar surface area (TPSA) is 75.1 Å². The van der Waals surface area contributed by atoms with Crippen molar-refractivity contribution in [3.8, 4) is 17.0 Å². The minimum atomic E-state index is -0.107. The zero-order valence-corrected chi connectivity index (χ0v) is 16.4. The molecule has 1 amide bonds. The van der Waals surface area contributed by atoms with Crippen LogP contribution in [0.15, 0.2) is 60.9 Å². The quantitative estimate of drug-likeness (QED) is 0.677. The van der Waals surface area contributed by atoms with E-state index < -0.39 is 0 Å². The number of para-hydroxylation sites is 1. The van der Waals surface area contributed by atoms with Crippen LogP contribution in [-0.4, -0.2) is 21.0 Å². The van der Waals surface area contributed by atoms with Gasteiger partial charge in [-0.3, -0.25) is 9.78 Å². The van der Waals surface area contributed by atoms with Crippen molar-refractivity contribution >= 4 is 11.7 Å². The third kappa shape index (κ3) is 4.94. The maximum Gasteiger partial charge on any atom is 0.225 e. The van der Waals surface area contributed by atoms with Gasteiger partial charge in [0.1, 0.15) is 5.75 Å². The molecule has 0 radical (unpaired) electrons. The van der Waals surface area contributed by atoms with Gasteiger partial charge in [-0.25, -0.2) is 4.98 Å². The standard InChI is InChI=1S/C23H25N3O2/c1-23(2,3)17-11-8-16(9-12-17)10-13-22(28)26-21-15-24-19(14-25-21)18-6-4-5-7-20(18)27/h4-9,11-12,14-15,27H,10,13H2,1-3H3,(H,25,26,28). The third-order valence-electron chi connectivity index (χ3n) is 4.56. The van der Waals surface area contributed by atoms with Crippen LogP contribution >= 0.6 is 0 Å². The Bertz CT molecular complexity index is 943. The first-order valence-electron chi connectivity index (χ1n) is 9.32. The molecule has 0 unspecified atom stereocenters. The highest BCUT2D eigenvalue weighted by atomic mass is 16.3. The smallest absolute Gasteiger partial charge is 0.225 e. The first kappa shape index (κ1) is 19.5. The number of anilines is 1. The summed E-state index contributed by atoms with van der Waals surface area (Å²) in [5, 5.41) is 12.6. The fraction of sp³-hybridized carbons (Fsp3) is 0.261. The molecule has 0 fully saturated rings. The molecule has 2 N–H and O–H groups in total. The molecule has 0 atom stereocenters. The molecule has 1 heterocycles. The van der Waals surface area contributed by atoms with Gasteiger partial charge < -0.3 is 10.4 Å². The fourth-order valence-corrected chi connectivity index (χ4v) is 2.86. The summed E-state index contributed by atoms with van der Waals surface area (Å²) in [6.45, 7) is 6.54. The molecule has 144 valence electrons. The summed E-state index contributed by atoms with van der Waals surface area (Å²) in [6, 6.07) is 15.3. The van der Waals surface area contributed by atoms with Gasteiger partial charge in [-0.1, -0.05) is 57.2 Å². The number of hydrogen-bond donors (Lipinski definition) is 2. The van der Waals surface area contributed by atoms with Gasteiger partial charge in [0, 0.05) is 12.0 Å². The number of phenols is 1. The Morgan fingerprint density at radius 1 is 1.00 bits per heavy atom. The van der Waals surface area contributed by atoms with Crippen LogP contribution in [0.1, 0.15) is 38.3 Å². The van der Waals surface area contributed by atoms with E-state index in [0.717, 1.165) is 5.56 Å². The van der Waals surface area contributed by atoms with E-state index in [1.165, 1.54) is 18.0 Å². The second kappa shape index (κ2) is 8.21. The lowest BCUT2D eigenvalue weighted by atomic mass is 9.86. The number of hydrogen-bond acceptors (Lipinski definition) is 4. The molecule has 3 aromatic rings. The Hall–Kier alpha value is -3.21. The molecule has 28 heavy (non-hydrogen) atoms. The number of aromatic nitrogens is 2. The summed E-state index contributed by atoms with van der Waals surface area (Å²) in [5.74, 6) is 0.433. The van der Waals surface area contributed by atoms with Crippen molar-refractivity contribution in [1.82, 2.24) is 9.97 Å². The average molecular weight is 375 g/mol. The van der Waals surface area contributed by atoms with E-state index in [1.54, 1.807) is 18.2 Å². The Balaban J connectivity index is 1.56. The number of phenolic OH excluding ortho intramolecular Hbond substituents is 1. The van der Waals surface area contributed by atoms with Crippen LogP contribution in [-0.2, 0) is 16.6 Å². The van der Waals surface area contributed by atoms with E-state index in [4.69, 9.17) is 0 Å². The van der Waals surface area contributed by atoms with Crippen molar-refractivity contribution in [2.24, 2.45) is 0 Å². The van der Waals surface area contributed by atoms with Crippen LogP contribution in [0.25, 0.3) is 11.3 Å². The van der Waals surface area contributed by atoms with Gasteiger partial charge in [-0.15, -0.1) is 0 Å². The van der Waals surface area contributed by atoms with Crippen molar-refractivity contribution in [3.05, 3.63) is 72.1 Å². The van der Waals surface area contributed by atoms with E-state index in [0.29, 0.717) is 29.9 Å². The number of aryl methyl sites for hydroxylation is 1. The first-order chi connectivity index (χ1) is 13.3. The van der Waals surface area contributed by atoms with Gasteiger partial charge >= 0.3 is 0 Å². The molecule has 0 spiro atoms. The van der Waals surface area contributed by atoms with E-state index in [1.807, 2.05) is 6.07 Å². The van der Waals surface area contributed by atoms with Gasteiger partial charge in [-0.2, -0.15) is 0 Å². The summed E-state index contributed by atoms with van der Waals surface area (Å²) in [4.78, 5) is 20.7. The van der Waals surface area contributed by atoms with E-state index >= 15 is 0 Å². The third-order valence-corrected chi connectivity index (χ3v) is 4.56. The molecule has 0 aliphatic rings. The maximum atomic E-state index is 12.2. The van der Waals surface area contributed by atoms with E-state index in [-0.39, 0.29) is 17.1 Å². The number of carbonyl (C=O) groups excluding carboxylic acids is 1. The minimum Gasteiger partial charge on any atom is -0.507 e. The summed E-state index contributed by atoms with van der Waals surface area (Å²) in [6.07, 6.45) is 4.07. The van der Waals surface area contributed by atoms with Crippen molar-refractivity contribution in [1.29, 1.82) is 0 Å². The van der Waals surface area contributed by atoms with Gasteiger partial charge in [0.2, 0.25) is 5.91 Å². The highest BCUT2D eigenvalue weighted by molar-refractivity contribution is 5.89. The molecule has 5 heteroatoms. The lowest BCUT2D eigenvalue weighted by Gasteiger charge is -2.19. The Kier molecular flexibility index (Phi) is 5.73. The van der Waals surface area contributed by atoms with Gasteiger partial charge in [-0.05, 0) is 35.1 Å². The Labute approximate surface area is 165 Å². The molecule has 0 aliphatic heterocycles. The second-order valence-electron chi connectivity index (χ2n) is 7.80. The summed E-state index contributed by atoms with van der Waals surface area (Å²) in [5.41, 5.74) is 3.68. The normalized spacial score (nSPS) is 11.2. The number of nitrogens with one attached hydrogen (secondary N) is 1. The molecule has 5 nitrogen and oxygen atoms in total. The number of amides is 1. The van der Waals surface area contributed by atoms with Crippen LogP contribution in [0, 0.1) is 0 Å². The van der Waals surface area contributed by atoms with Gasteiger partial charge in [0.05, 0.1) is 18.1 Å². The molecular formula is C23H25N3O2. The SMILES string of the molecule is CC(C)(C)c1ccc(CCC(=O)Nc2cnc(-c3ccccc3O)cn2)cc1. The van der Waals surface area contributed by atoms with Gasteiger partial charge in [0.25, 0.3) is 0 Å². The second-order valence-corrected chi connectivity index (χ2v) is 7.80. The number of benzene rings is 2. The summed E-state index contributed by atoms with van der Waals surface area (Å²) in [7, 11) is 0. The summed E-state index contributed by atoms with van der Waals surface area (Å²) < 4.78 is 0. The molecule has 2 aromatic carbocycles. The average Bonchev–Trinajstić information content (AvgIpc) is 2.67. The maximum absolute atomic E-state index is 12.2. The molecule has 1 aromatic heterocycles. The molecule has 0 aliphatic carbocycles. The number of carbonyl (C=O) groups is 1. The van der Waals surface area contributed by atoms with Crippen LogP contribution in [0.5, 0.6) is 5.75 Å². The minimum absolute atomic E-state index is 0.107. The molecule has 3 rings (SSSR count). The highest BCUT2D eigenvalue weighted by Gasteiger charge is 2.13. The van der Waals surface area contributed by atoms with Crippen LogP contribution in [0.4, 0.5) is 5.82 Å². The number of nitrogens with zero attached hydrogens (tertiary/aromatic N) is 2. The van der Waals surface area contributed by atoms with Crippen LogP contribution in [0.3, 0.4) is 0 Å². The largest absolute Gasteiger partial charge is 0.507 e. The number of aromatic hydroxyl groups is 1. The van der Waals surface area contributed by atoms with Crippen molar-refractivity contribution in [3.63, 3.8) is 0 Å². The first-order valence-corrected chi connectivity index (χ1v) is 9.32. The predicted molar refractivity (Wildman–Crippen MR) is 111 cm³/mol. The number of rotatable bonds is 5. The molecule has 0 bridgehead atoms. The molecular weight excluding hydrogens is 350 g/mol. The lowest BCUT2D eigenvalue weighted by molar-refractivity contribution is -0.116. The zero-order valence-electron chi connectivity index (χ0n) is 16.4. The predicted octanol–water partition coefficient (Wildman–Crippen LogP) is 4.72. The van der Waals surface area contributed by atoms with Crippen LogP contribution < -0.4 is 5.32 Å². The van der Waals surface area contributed by atoms with E-state index in [2.05, 4.69) is 60.3 Å². The monoisotopic (exact) mass is 375 g/mol. The molecule has 0 saturated carbocycles. The Morgan fingerprint density at radius 3 is 2.32 bits per heavy atom.